The van der Waals surface area contributed by atoms with E-state index in [4.69, 9.17) is 26.2 Å². The largest absolute Gasteiger partial charge is 0.496 e. The molecule has 1 unspecified atom stereocenters. The van der Waals surface area contributed by atoms with Crippen LogP contribution in [-0.4, -0.2) is 30.4 Å². The Morgan fingerprint density at radius 2 is 2.00 bits per heavy atom. The number of methoxy groups -OCH3 is 2. The monoisotopic (exact) mass is 260 g/mol. The smallest absolute Gasteiger partial charge is 0.337 e. The van der Waals surface area contributed by atoms with Crippen molar-refractivity contribution in [2.45, 2.75) is 13.0 Å². The Labute approximate surface area is 104 Å². The second kappa shape index (κ2) is 5.25. The van der Waals surface area contributed by atoms with Gasteiger partial charge in [0.05, 0.1) is 24.8 Å². The van der Waals surface area contributed by atoms with Crippen LogP contribution < -0.4 is 9.47 Å². The van der Waals surface area contributed by atoms with Gasteiger partial charge >= 0.3 is 5.97 Å². The molecule has 0 saturated carbocycles. The van der Waals surface area contributed by atoms with Crippen molar-refractivity contribution in [2.75, 3.05) is 14.2 Å². The summed E-state index contributed by atoms with van der Waals surface area (Å²) in [5.41, 5.74) is 0.680. The Morgan fingerprint density at radius 1 is 1.41 bits per heavy atom. The molecule has 1 aromatic carbocycles. The lowest BCUT2D eigenvalue weighted by molar-refractivity contribution is -0.147. The van der Waals surface area contributed by atoms with E-state index in [0.29, 0.717) is 11.3 Å². The van der Waals surface area contributed by atoms with Gasteiger partial charge in [0, 0.05) is 0 Å². The third kappa shape index (κ3) is 2.45. The third-order valence-electron chi connectivity index (χ3n) is 2.34. The molecule has 0 fully saturated rings. The van der Waals surface area contributed by atoms with E-state index in [1.54, 1.807) is 13.0 Å². The number of hydrogen-bond acceptors (Lipinski definition) is 4. The highest BCUT2D eigenvalue weighted by Crippen LogP contribution is 2.41. The minimum Gasteiger partial charge on any atom is -0.496 e. The molecule has 0 aromatic heterocycles. The summed E-state index contributed by atoms with van der Waals surface area (Å²) in [4.78, 5) is 10.8. The lowest BCUT2D eigenvalue weighted by Gasteiger charge is -2.17. The van der Waals surface area contributed by atoms with Gasteiger partial charge in [-0.25, -0.2) is 4.79 Å². The molecule has 1 rings (SSSR count). The van der Waals surface area contributed by atoms with E-state index in [1.807, 2.05) is 0 Å². The van der Waals surface area contributed by atoms with Crippen molar-refractivity contribution in [1.82, 2.24) is 0 Å². The van der Waals surface area contributed by atoms with E-state index < -0.39 is 12.1 Å². The molecule has 0 saturated heterocycles. The van der Waals surface area contributed by atoms with Crippen LogP contribution in [0.2, 0.25) is 5.02 Å². The molecule has 0 heterocycles. The molecule has 0 amide bonds. The van der Waals surface area contributed by atoms with Crippen LogP contribution in [0, 0.1) is 6.92 Å². The van der Waals surface area contributed by atoms with Crippen molar-refractivity contribution >= 4 is 17.6 Å². The van der Waals surface area contributed by atoms with Gasteiger partial charge in [0.1, 0.15) is 11.5 Å². The summed E-state index contributed by atoms with van der Waals surface area (Å²) < 4.78 is 10.1. The lowest BCUT2D eigenvalue weighted by Crippen LogP contribution is -2.13. The molecule has 0 radical (unpaired) electrons. The SMILES string of the molecule is COc1cc(C)c(OC)c(Cl)c1C(O)C(=O)O. The zero-order valence-corrected chi connectivity index (χ0v) is 10.4. The van der Waals surface area contributed by atoms with Gasteiger partial charge in [-0.2, -0.15) is 0 Å². The molecule has 1 atom stereocenters. The average Bonchev–Trinajstić information content (AvgIpc) is 2.27. The fraction of sp³-hybridized carbons (Fsp3) is 0.364. The average molecular weight is 261 g/mol. The number of rotatable bonds is 4. The number of carbonyl (C=O) groups is 1. The highest BCUT2D eigenvalue weighted by atomic mass is 35.5. The zero-order chi connectivity index (χ0) is 13.2. The predicted molar refractivity (Wildman–Crippen MR) is 61.9 cm³/mol. The molecule has 6 heteroatoms. The first-order valence-electron chi connectivity index (χ1n) is 4.75. The van der Waals surface area contributed by atoms with Crippen LogP contribution in [-0.2, 0) is 4.79 Å². The Bertz CT molecular complexity index is 444. The highest BCUT2D eigenvalue weighted by Gasteiger charge is 2.27. The number of ether oxygens (including phenoxy) is 2. The topological polar surface area (TPSA) is 76.0 Å². The van der Waals surface area contributed by atoms with Gasteiger partial charge in [0.25, 0.3) is 0 Å². The molecular weight excluding hydrogens is 248 g/mol. The van der Waals surface area contributed by atoms with Gasteiger partial charge in [0.2, 0.25) is 0 Å². The molecule has 0 bridgehead atoms. The first kappa shape index (κ1) is 13.6. The summed E-state index contributed by atoms with van der Waals surface area (Å²) in [6, 6.07) is 1.56. The predicted octanol–water partition coefficient (Wildman–Crippen LogP) is 1.78. The first-order valence-corrected chi connectivity index (χ1v) is 5.13. The highest BCUT2D eigenvalue weighted by molar-refractivity contribution is 6.33. The van der Waals surface area contributed by atoms with E-state index in [-0.39, 0.29) is 16.3 Å². The van der Waals surface area contributed by atoms with Gasteiger partial charge in [-0.05, 0) is 18.6 Å². The summed E-state index contributed by atoms with van der Waals surface area (Å²) in [5.74, 6) is -0.873. The summed E-state index contributed by atoms with van der Waals surface area (Å²) in [7, 11) is 2.78. The normalized spacial score (nSPS) is 12.1. The van der Waals surface area contributed by atoms with Crippen molar-refractivity contribution in [1.29, 1.82) is 0 Å². The van der Waals surface area contributed by atoms with Gasteiger partial charge in [-0.1, -0.05) is 11.6 Å². The number of aryl methyl sites for hydroxylation is 1. The van der Waals surface area contributed by atoms with Crippen LogP contribution in [0.15, 0.2) is 6.07 Å². The van der Waals surface area contributed by atoms with Crippen LogP contribution in [0.1, 0.15) is 17.2 Å². The van der Waals surface area contributed by atoms with Crippen molar-refractivity contribution < 1.29 is 24.5 Å². The standard InChI is InChI=1S/C11H13ClO5/c1-5-4-6(16-2)7(9(13)11(14)15)8(12)10(5)17-3/h4,9,13H,1-3H3,(H,14,15). The number of halogens is 1. The molecule has 94 valence electrons. The molecule has 0 aliphatic carbocycles. The van der Waals surface area contributed by atoms with Crippen LogP contribution in [0.5, 0.6) is 11.5 Å². The fourth-order valence-electron chi connectivity index (χ4n) is 1.54. The Balaban J connectivity index is 3.50. The van der Waals surface area contributed by atoms with Crippen molar-refractivity contribution in [2.24, 2.45) is 0 Å². The number of aliphatic hydroxyl groups is 1. The van der Waals surface area contributed by atoms with Crippen molar-refractivity contribution in [3.8, 4) is 11.5 Å². The number of carboxylic acids is 1. The zero-order valence-electron chi connectivity index (χ0n) is 9.65. The molecule has 0 aliphatic heterocycles. The van der Waals surface area contributed by atoms with Gasteiger partial charge in [-0.15, -0.1) is 0 Å². The number of aliphatic carboxylic acids is 1. The number of carboxylic acid groups (broad SMARTS) is 1. The van der Waals surface area contributed by atoms with Gasteiger partial charge < -0.3 is 19.7 Å². The molecule has 0 aliphatic rings. The molecule has 1 aromatic rings. The van der Waals surface area contributed by atoms with Crippen molar-refractivity contribution in [3.63, 3.8) is 0 Å². The maximum Gasteiger partial charge on any atom is 0.337 e. The van der Waals surface area contributed by atoms with Gasteiger partial charge in [-0.3, -0.25) is 0 Å². The Hall–Kier alpha value is -1.46. The Kier molecular flexibility index (Phi) is 4.20. The summed E-state index contributed by atoms with van der Waals surface area (Å²) in [6.07, 6.45) is -1.76. The van der Waals surface area contributed by atoms with E-state index in [2.05, 4.69) is 0 Å². The number of hydrogen-bond donors (Lipinski definition) is 2. The van der Waals surface area contributed by atoms with Crippen LogP contribution >= 0.6 is 11.6 Å². The van der Waals surface area contributed by atoms with E-state index in [0.717, 1.165) is 0 Å². The maximum absolute atomic E-state index is 10.8. The molecule has 17 heavy (non-hydrogen) atoms. The second-order valence-corrected chi connectivity index (χ2v) is 3.78. The lowest BCUT2D eigenvalue weighted by atomic mass is 10.0. The molecular formula is C11H13ClO5. The summed E-state index contributed by atoms with van der Waals surface area (Å²) >= 11 is 6.01. The summed E-state index contributed by atoms with van der Waals surface area (Å²) in [6.45, 7) is 1.74. The first-order chi connectivity index (χ1) is 7.93. The minimum absolute atomic E-state index is 0.0101. The second-order valence-electron chi connectivity index (χ2n) is 3.40. The minimum atomic E-state index is -1.76. The van der Waals surface area contributed by atoms with Gasteiger partial charge in [0.15, 0.2) is 6.10 Å². The molecule has 2 N–H and O–H groups in total. The number of aliphatic hydroxyl groups excluding tert-OH is 1. The van der Waals surface area contributed by atoms with E-state index in [1.165, 1.54) is 14.2 Å². The van der Waals surface area contributed by atoms with Crippen LogP contribution in [0.25, 0.3) is 0 Å². The van der Waals surface area contributed by atoms with Crippen LogP contribution in [0.4, 0.5) is 0 Å². The van der Waals surface area contributed by atoms with Crippen molar-refractivity contribution in [3.05, 3.63) is 22.2 Å². The summed E-state index contributed by atoms with van der Waals surface area (Å²) in [5, 5.41) is 18.4. The third-order valence-corrected chi connectivity index (χ3v) is 2.71. The van der Waals surface area contributed by atoms with E-state index >= 15 is 0 Å². The van der Waals surface area contributed by atoms with Crippen LogP contribution in [0.3, 0.4) is 0 Å². The number of benzene rings is 1. The fourth-order valence-corrected chi connectivity index (χ4v) is 1.96. The quantitative estimate of drug-likeness (QED) is 0.863. The van der Waals surface area contributed by atoms with E-state index in [9.17, 15) is 9.90 Å². The maximum atomic E-state index is 10.8. The molecule has 5 nitrogen and oxygen atoms in total. The Morgan fingerprint density at radius 3 is 2.41 bits per heavy atom. The molecule has 0 spiro atoms.